The molecule has 0 saturated carbocycles. The Morgan fingerprint density at radius 1 is 1.26 bits per heavy atom. The zero-order chi connectivity index (χ0) is 14.8. The minimum Gasteiger partial charge on any atom is -0.322 e. The number of nitrogens with zero attached hydrogens (tertiary/aromatic N) is 1. The first-order valence-electron chi connectivity index (χ1n) is 6.30. The third-order valence-corrected chi connectivity index (χ3v) is 6.01. The predicted octanol–water partition coefficient (Wildman–Crippen LogP) is 3.41. The molecule has 1 unspecified atom stereocenters. The van der Waals surface area contributed by atoms with E-state index in [1.165, 1.54) is 0 Å². The third kappa shape index (κ3) is 3.78. The summed E-state index contributed by atoms with van der Waals surface area (Å²) in [6, 6.07) is 5.74. The van der Waals surface area contributed by atoms with Crippen molar-refractivity contribution in [2.45, 2.75) is 26.4 Å². The molecule has 0 radical (unpaired) electrons. The van der Waals surface area contributed by atoms with Crippen LogP contribution in [0.15, 0.2) is 12.1 Å². The number of carbonyl (C=O) groups is 1. The maximum atomic E-state index is 12.3. The molecule has 0 aliphatic carbocycles. The number of rotatable bonds is 3. The summed E-state index contributed by atoms with van der Waals surface area (Å²) in [6.07, 6.45) is 0. The highest BCUT2D eigenvalue weighted by molar-refractivity contribution is 7.75. The summed E-state index contributed by atoms with van der Waals surface area (Å²) in [5.41, 5.74) is 3.37. The lowest BCUT2D eigenvalue weighted by Gasteiger charge is -2.21. The van der Waals surface area contributed by atoms with Gasteiger partial charge in [-0.05, 0) is 44.0 Å². The second-order valence-corrected chi connectivity index (χ2v) is 10.9. The smallest absolute Gasteiger partial charge is 0.264 e. The summed E-state index contributed by atoms with van der Waals surface area (Å²) in [5, 5.41) is 11.9. The van der Waals surface area contributed by atoms with Crippen molar-refractivity contribution >= 4 is 18.9 Å². The summed E-state index contributed by atoms with van der Waals surface area (Å²) in [6.45, 7) is 12.3. The number of carbonyl (C=O) groups excluding carboxylic acids is 1. The molecule has 0 bridgehead atoms. The number of anilines is 1. The molecule has 1 rings (SSSR count). The molecular weight excluding hydrogens is 255 g/mol. The van der Waals surface area contributed by atoms with Gasteiger partial charge >= 0.3 is 0 Å². The Bertz CT molecular complexity index is 515. The Morgan fingerprint density at radius 2 is 1.74 bits per heavy atom. The van der Waals surface area contributed by atoms with Crippen molar-refractivity contribution in [1.29, 1.82) is 5.26 Å². The summed E-state index contributed by atoms with van der Waals surface area (Å²) >= 11 is 0. The minimum absolute atomic E-state index is 0.0296. The Kier molecular flexibility index (Phi) is 4.71. The molecule has 0 saturated heterocycles. The molecule has 0 aromatic heterocycles. The van der Waals surface area contributed by atoms with Crippen molar-refractivity contribution in [2.75, 3.05) is 25.3 Å². The van der Waals surface area contributed by atoms with Gasteiger partial charge in [0.05, 0.1) is 11.6 Å². The van der Waals surface area contributed by atoms with E-state index in [-0.39, 0.29) is 11.6 Å². The molecule has 0 spiro atoms. The fraction of sp³-hybridized carbons (Fsp3) is 0.467. The number of hydrogen-bond donors (Lipinski definition) is 1. The summed E-state index contributed by atoms with van der Waals surface area (Å²) in [4.78, 5) is 12.3. The first kappa shape index (κ1) is 15.7. The van der Waals surface area contributed by atoms with Gasteiger partial charge in [0, 0.05) is 32.9 Å². The first-order valence-corrected chi connectivity index (χ1v) is 9.50. The quantitative estimate of drug-likeness (QED) is 0.861. The topological polar surface area (TPSA) is 52.9 Å². The molecule has 0 aliphatic heterocycles. The number of amides is 1. The fourth-order valence-electron chi connectivity index (χ4n) is 1.80. The van der Waals surface area contributed by atoms with Gasteiger partial charge in [-0.2, -0.15) is 5.26 Å². The second-order valence-electron chi connectivity index (χ2n) is 5.88. The number of hydrogen-bond acceptors (Lipinski definition) is 2. The fourth-order valence-corrected chi connectivity index (χ4v) is 2.57. The minimum atomic E-state index is -1.21. The second kappa shape index (κ2) is 5.72. The molecule has 1 N–H and O–H groups in total. The lowest BCUT2D eigenvalue weighted by atomic mass is 10.0. The molecule has 0 heterocycles. The van der Waals surface area contributed by atoms with E-state index in [4.69, 9.17) is 5.26 Å². The average molecular weight is 277 g/mol. The van der Waals surface area contributed by atoms with Gasteiger partial charge < -0.3 is 5.32 Å². The predicted molar refractivity (Wildman–Crippen MR) is 83.4 cm³/mol. The number of aryl methyl sites for hydroxylation is 2. The molecule has 3 nitrogen and oxygen atoms in total. The van der Waals surface area contributed by atoms with E-state index in [1.807, 2.05) is 20.8 Å². The normalized spacial score (nSPS) is 12.7. The Balaban J connectivity index is 3.02. The Labute approximate surface area is 116 Å². The molecule has 0 fully saturated rings. The van der Waals surface area contributed by atoms with E-state index in [9.17, 15) is 4.79 Å². The highest BCUT2D eigenvalue weighted by Crippen LogP contribution is 2.52. The van der Waals surface area contributed by atoms with Gasteiger partial charge in [-0.3, -0.25) is 4.79 Å². The van der Waals surface area contributed by atoms with E-state index in [0.29, 0.717) is 5.56 Å². The number of benzene rings is 1. The average Bonchev–Trinajstić information content (AvgIpc) is 2.30. The maximum absolute atomic E-state index is 12.3. The van der Waals surface area contributed by atoms with Crippen molar-refractivity contribution in [1.82, 2.24) is 0 Å². The van der Waals surface area contributed by atoms with Gasteiger partial charge in [0.1, 0.15) is 5.66 Å². The van der Waals surface area contributed by atoms with Gasteiger partial charge in [-0.1, -0.05) is 0 Å². The maximum Gasteiger partial charge on any atom is 0.264 e. The van der Waals surface area contributed by atoms with Crippen LogP contribution in [0.5, 0.6) is 0 Å². The lowest BCUT2D eigenvalue weighted by Crippen LogP contribution is -2.27. The van der Waals surface area contributed by atoms with Crippen molar-refractivity contribution in [3.05, 3.63) is 28.8 Å². The molecule has 1 aromatic carbocycles. The SMILES string of the molecule is Cc1cc(C#N)cc(C)c1NC(=O)C(C)[P+](C)(C)C. The molecule has 1 amide bonds. The van der Waals surface area contributed by atoms with Crippen LogP contribution in [0.1, 0.15) is 23.6 Å². The lowest BCUT2D eigenvalue weighted by molar-refractivity contribution is -0.115. The van der Waals surface area contributed by atoms with Gasteiger partial charge in [0.2, 0.25) is 0 Å². The van der Waals surface area contributed by atoms with Crippen LogP contribution in [0.2, 0.25) is 0 Å². The summed E-state index contributed by atoms with van der Waals surface area (Å²) < 4.78 is 0. The Morgan fingerprint density at radius 3 is 2.11 bits per heavy atom. The van der Waals surface area contributed by atoms with Crippen LogP contribution in [-0.4, -0.2) is 31.6 Å². The van der Waals surface area contributed by atoms with E-state index >= 15 is 0 Å². The van der Waals surface area contributed by atoms with Crippen molar-refractivity contribution in [3.63, 3.8) is 0 Å². The van der Waals surface area contributed by atoms with Crippen LogP contribution >= 0.6 is 7.26 Å². The largest absolute Gasteiger partial charge is 0.322 e. The highest BCUT2D eigenvalue weighted by atomic mass is 31.2. The standard InChI is InChI=1S/C15H21N2OP/c1-10-7-13(9-16)8-11(2)14(10)17-15(18)12(3)19(4,5)6/h7-8,12H,1-6H3/p+1. The van der Waals surface area contributed by atoms with Gasteiger partial charge in [-0.15, -0.1) is 0 Å². The van der Waals surface area contributed by atoms with E-state index in [1.54, 1.807) is 12.1 Å². The molecule has 1 atom stereocenters. The molecule has 4 heteroatoms. The van der Waals surface area contributed by atoms with Crippen LogP contribution in [0.4, 0.5) is 5.69 Å². The molecule has 102 valence electrons. The zero-order valence-corrected chi connectivity index (χ0v) is 13.4. The first-order chi connectivity index (χ1) is 8.66. The van der Waals surface area contributed by atoms with Crippen LogP contribution < -0.4 is 5.32 Å². The van der Waals surface area contributed by atoms with E-state index in [2.05, 4.69) is 31.4 Å². The van der Waals surface area contributed by atoms with Gasteiger partial charge in [-0.25, -0.2) is 0 Å². The highest BCUT2D eigenvalue weighted by Gasteiger charge is 2.33. The molecule has 1 aromatic rings. The third-order valence-electron chi connectivity index (χ3n) is 3.45. The summed E-state index contributed by atoms with van der Waals surface area (Å²) in [5.74, 6) is 0.0664. The number of nitrogens with one attached hydrogen (secondary N) is 1. The monoisotopic (exact) mass is 277 g/mol. The summed E-state index contributed by atoms with van der Waals surface area (Å²) in [7, 11) is -1.21. The zero-order valence-electron chi connectivity index (χ0n) is 12.5. The van der Waals surface area contributed by atoms with E-state index in [0.717, 1.165) is 16.8 Å². The van der Waals surface area contributed by atoms with Gasteiger partial charge in [0.15, 0.2) is 0 Å². The molecule has 0 aliphatic rings. The van der Waals surface area contributed by atoms with Crippen LogP contribution in [0.3, 0.4) is 0 Å². The Hall–Kier alpha value is -1.39. The van der Waals surface area contributed by atoms with Crippen molar-refractivity contribution in [3.8, 4) is 6.07 Å². The van der Waals surface area contributed by atoms with Crippen LogP contribution in [0, 0.1) is 25.2 Å². The number of nitriles is 1. The molecule has 19 heavy (non-hydrogen) atoms. The van der Waals surface area contributed by atoms with Crippen molar-refractivity contribution in [2.24, 2.45) is 0 Å². The molecular formula is C15H22N2OP+. The van der Waals surface area contributed by atoms with Crippen LogP contribution in [-0.2, 0) is 4.79 Å². The van der Waals surface area contributed by atoms with E-state index < -0.39 is 7.26 Å². The van der Waals surface area contributed by atoms with Gasteiger partial charge in [0.25, 0.3) is 5.91 Å². The van der Waals surface area contributed by atoms with Crippen molar-refractivity contribution < 1.29 is 4.79 Å². The van der Waals surface area contributed by atoms with Crippen LogP contribution in [0.25, 0.3) is 0 Å².